The summed E-state index contributed by atoms with van der Waals surface area (Å²) in [5.41, 5.74) is 2.56. The molecule has 9 aromatic heterocycles. The zero-order valence-electron chi connectivity index (χ0n) is 75.0. The molecule has 10 fully saturated rings. The molecule has 14 heterocycles. The van der Waals surface area contributed by atoms with Crippen LogP contribution in [0.5, 0.6) is 57.5 Å². The van der Waals surface area contributed by atoms with Gasteiger partial charge in [0, 0.05) is 144 Å². The van der Waals surface area contributed by atoms with Gasteiger partial charge in [0.25, 0.3) is 11.9 Å². The average Bonchev–Trinajstić information content (AvgIpc) is 1.61. The summed E-state index contributed by atoms with van der Waals surface area (Å²) in [6.07, 6.45) is 25.6. The molecule has 8 N–H and O–H groups in total. The van der Waals surface area contributed by atoms with Crippen molar-refractivity contribution in [2.75, 3.05) is 98.2 Å². The van der Waals surface area contributed by atoms with Crippen LogP contribution in [0.25, 0.3) is 21.5 Å². The van der Waals surface area contributed by atoms with Crippen molar-refractivity contribution in [3.63, 3.8) is 0 Å². The Bertz CT molecular complexity index is 5860. The van der Waals surface area contributed by atoms with E-state index in [1.165, 1.54) is 61.6 Å². The standard InChI is InChI=1S/C23H25N3O3.C23H23N3O3.C20H24N2O3.C19H22FN3O3.C19H20FN3O3/c2*27-18-4-5-21(25-11-18)22(28)14-26-12-16-8-19(9-17(16)13-26)29-23-3-1-2-15-10-24-7-6-20(15)23;23-16-6-7-19(21-10-16)20(24)13-22-11-14-8-18(9-15(14)12-22)25-17-4-2-1-3-5-17;2*20-19-18(2-1-5-21-19)26-15-6-12-9-23(10-13(12)7-15)11-17(25)16-4-3-14(24)8-22-16/h1-7,10-11,16-17,19,22,27-28H,8-9,12-14H2;1-7,10-11,16-17,19,27H,8-9,12-14H2;1-7,10,14-15,18,20,23-24H,8-9,11-13H2;1-5,8,12-13,15,17,24-25H,6-7,9-11H2;1-5,8,12-13,15,24H,6-7,9-11H2/t16-,17+,19?,22?;16-,17+,19?;14-,15+,18?,20?;12-,13+,15?,17?;12-,13+,15?. The van der Waals surface area contributed by atoms with Gasteiger partial charge in [-0.2, -0.15) is 8.78 Å². The molecule has 0 spiro atoms. The fraction of sp³-hybridized carbons (Fsp3) is 0.413. The van der Waals surface area contributed by atoms with Crippen molar-refractivity contribution in [1.29, 1.82) is 0 Å². The van der Waals surface area contributed by atoms with E-state index >= 15 is 0 Å². The number of ketones is 2. The fourth-order valence-corrected chi connectivity index (χ4v) is 22.1. The number of hydrogen-bond acceptors (Lipinski definition) is 29. The molecule has 135 heavy (non-hydrogen) atoms. The number of likely N-dealkylation sites (tertiary alicyclic amines) is 5. The smallest absolute Gasteiger partial charge is 0.255 e. The van der Waals surface area contributed by atoms with Crippen molar-refractivity contribution < 1.29 is 82.9 Å². The number of aromatic hydroxyl groups is 5. The maximum atomic E-state index is 13.6. The molecule has 18 atom stereocenters. The van der Waals surface area contributed by atoms with E-state index in [2.05, 4.69) is 81.5 Å². The van der Waals surface area contributed by atoms with Gasteiger partial charge in [-0.15, -0.1) is 0 Å². The van der Waals surface area contributed by atoms with Gasteiger partial charge in [0.1, 0.15) is 75.7 Å². The summed E-state index contributed by atoms with van der Waals surface area (Å²) in [6.45, 7) is 11.7. The normalized spacial score (nSPS) is 25.6. The number of halogens is 2. The predicted octanol–water partition coefficient (Wildman–Crippen LogP) is 13.5. The van der Waals surface area contributed by atoms with Gasteiger partial charge in [0.2, 0.25) is 0 Å². The van der Waals surface area contributed by atoms with Crippen LogP contribution in [0.1, 0.15) is 121 Å². The van der Waals surface area contributed by atoms with Crippen LogP contribution in [0, 0.1) is 71.1 Å². The highest BCUT2D eigenvalue weighted by Gasteiger charge is 2.48. The van der Waals surface area contributed by atoms with Gasteiger partial charge in [-0.3, -0.25) is 59.0 Å². The molecule has 0 bridgehead atoms. The molecule has 3 aromatic carbocycles. The Morgan fingerprint density at radius 3 is 0.904 bits per heavy atom. The number of ether oxygens (including phenoxy) is 5. The number of fused-ring (bicyclic) bond motifs is 7. The first-order valence-corrected chi connectivity index (χ1v) is 46.9. The van der Waals surface area contributed by atoms with E-state index in [-0.39, 0.29) is 76.2 Å². The van der Waals surface area contributed by atoms with E-state index < -0.39 is 30.2 Å². The van der Waals surface area contributed by atoms with Crippen LogP contribution in [0.3, 0.4) is 0 Å². The lowest BCUT2D eigenvalue weighted by molar-refractivity contribution is 0.0923. The number of nitrogens with zero attached hydrogens (tertiary/aromatic N) is 14. The molecule has 31 heteroatoms. The molecule has 0 radical (unpaired) electrons. The summed E-state index contributed by atoms with van der Waals surface area (Å²) in [7, 11) is 0. The Morgan fingerprint density at radius 2 is 0.600 bits per heavy atom. The van der Waals surface area contributed by atoms with Crippen LogP contribution in [-0.2, 0) is 0 Å². The highest BCUT2D eigenvalue weighted by Crippen LogP contribution is 2.47. The number of carbonyl (C=O) groups is 2. The number of pyridine rings is 9. The molecular formula is C104H114F2N14O15. The largest absolute Gasteiger partial charge is 0.506 e. The zero-order valence-corrected chi connectivity index (χ0v) is 75.0. The molecule has 5 aliphatic carbocycles. The first kappa shape index (κ1) is 92.8. The number of β-amino-alcohol motifs (C(OH)–C–C–N with tert-alkyl or cyclic N) is 3. The Labute approximate surface area is 781 Å². The summed E-state index contributed by atoms with van der Waals surface area (Å²) in [6, 6.07) is 48.6. The lowest BCUT2D eigenvalue weighted by Crippen LogP contribution is -2.30. The molecule has 5 aliphatic heterocycles. The van der Waals surface area contributed by atoms with Gasteiger partial charge in [0.05, 0.1) is 91.7 Å². The van der Waals surface area contributed by atoms with Crippen LogP contribution in [0.2, 0.25) is 0 Å². The zero-order chi connectivity index (χ0) is 93.0. The molecule has 10 aliphatic rings. The number of Topliss-reactive ketones (excluding diaryl/α,β-unsaturated/α-hetero) is 2. The quantitative estimate of drug-likeness (QED) is 0.0195. The van der Waals surface area contributed by atoms with Gasteiger partial charge in [0.15, 0.2) is 23.1 Å². The first-order valence-electron chi connectivity index (χ1n) is 46.9. The minimum atomic E-state index is -0.675. The predicted molar refractivity (Wildman–Crippen MR) is 497 cm³/mol. The molecular weight excluding hydrogens is 1720 g/mol. The second-order valence-electron chi connectivity index (χ2n) is 37.8. The molecule has 5 saturated heterocycles. The number of carbonyl (C=O) groups excluding carboxylic acids is 2. The van der Waals surface area contributed by atoms with E-state index in [0.717, 1.165) is 168 Å². The van der Waals surface area contributed by atoms with E-state index in [1.54, 1.807) is 72.9 Å². The van der Waals surface area contributed by atoms with Crippen LogP contribution >= 0.6 is 0 Å². The van der Waals surface area contributed by atoms with E-state index in [9.17, 15) is 59.2 Å². The van der Waals surface area contributed by atoms with Crippen molar-refractivity contribution in [2.24, 2.45) is 59.2 Å². The number of aliphatic hydroxyl groups is 3. The van der Waals surface area contributed by atoms with E-state index in [1.807, 2.05) is 85.3 Å². The monoisotopic (exact) mass is 1840 g/mol. The third-order valence-electron chi connectivity index (χ3n) is 28.3. The third kappa shape index (κ3) is 23.9. The van der Waals surface area contributed by atoms with Gasteiger partial charge in [-0.1, -0.05) is 42.5 Å². The van der Waals surface area contributed by atoms with Gasteiger partial charge in [-0.05, 0) is 245 Å². The Kier molecular flexibility index (Phi) is 29.5. The van der Waals surface area contributed by atoms with Gasteiger partial charge >= 0.3 is 0 Å². The third-order valence-corrected chi connectivity index (χ3v) is 28.3. The van der Waals surface area contributed by atoms with Crippen molar-refractivity contribution >= 4 is 33.1 Å². The number of hydrogen-bond donors (Lipinski definition) is 8. The second kappa shape index (κ2) is 43.0. The molecule has 22 rings (SSSR count). The van der Waals surface area contributed by atoms with E-state index in [0.29, 0.717) is 126 Å². The van der Waals surface area contributed by atoms with Crippen molar-refractivity contribution in [3.8, 4) is 57.5 Å². The van der Waals surface area contributed by atoms with Crippen molar-refractivity contribution in [3.05, 3.63) is 272 Å². The molecule has 0 amide bonds. The summed E-state index contributed by atoms with van der Waals surface area (Å²) in [5, 5.41) is 82.1. The van der Waals surface area contributed by atoms with Gasteiger partial charge in [-0.25, -0.2) is 19.9 Å². The summed E-state index contributed by atoms with van der Waals surface area (Å²) in [4.78, 5) is 71.9. The van der Waals surface area contributed by atoms with Crippen LogP contribution < -0.4 is 23.7 Å². The molecule has 29 nitrogen and oxygen atoms in total. The average molecular weight is 1840 g/mol. The summed E-state index contributed by atoms with van der Waals surface area (Å²) >= 11 is 0. The number of rotatable bonds is 25. The molecule has 704 valence electrons. The van der Waals surface area contributed by atoms with Gasteiger partial charge < -0.3 is 64.5 Å². The topological polar surface area (TPSA) is 374 Å². The maximum absolute atomic E-state index is 13.6. The first-order chi connectivity index (χ1) is 65.6. The number of aromatic nitrogens is 9. The molecule has 12 aromatic rings. The van der Waals surface area contributed by atoms with Crippen molar-refractivity contribution in [2.45, 2.75) is 113 Å². The van der Waals surface area contributed by atoms with Crippen molar-refractivity contribution in [1.82, 2.24) is 69.4 Å². The van der Waals surface area contributed by atoms with E-state index in [4.69, 9.17) is 23.7 Å². The molecule has 8 unspecified atom stereocenters. The summed E-state index contributed by atoms with van der Waals surface area (Å²) < 4.78 is 57.7. The Hall–Kier alpha value is -12.6. The summed E-state index contributed by atoms with van der Waals surface area (Å²) in [5.74, 6) is 8.11. The number of para-hydroxylation sites is 1. The minimum Gasteiger partial charge on any atom is -0.506 e. The molecule has 5 saturated carbocycles. The lowest BCUT2D eigenvalue weighted by Gasteiger charge is -2.22. The lowest BCUT2D eigenvalue weighted by atomic mass is 10.0. The highest BCUT2D eigenvalue weighted by molar-refractivity contribution is 5.96. The second-order valence-corrected chi connectivity index (χ2v) is 37.8. The Morgan fingerprint density at radius 1 is 0.304 bits per heavy atom. The highest BCUT2D eigenvalue weighted by atomic mass is 19.1. The fourth-order valence-electron chi connectivity index (χ4n) is 22.1. The number of benzene rings is 3. The maximum Gasteiger partial charge on any atom is 0.255 e. The van der Waals surface area contributed by atoms with Crippen LogP contribution in [-0.4, -0.2) is 250 Å². The minimum absolute atomic E-state index is 0.000293. The van der Waals surface area contributed by atoms with Crippen LogP contribution in [0.15, 0.2) is 232 Å². The SMILES string of the molecule is O=C(CN1C[C@H]2CC(Oc3cccc4cnccc34)C[C@H]2C1)c1ccc(O)cn1.O=C(CN1C[C@H]2CC(Oc3cccnc3F)C[C@H]2C1)c1ccc(O)cn1.Oc1ccc(C(O)CN2C[C@H]3CC(Oc4cccc5cnccc45)C[C@H]3C2)nc1.Oc1ccc(C(O)CN2C[C@H]3CC(Oc4ccccc4)C[C@H]3C2)nc1.Oc1ccc(C(O)CN2C[C@H]3CC(Oc4cccnc4F)C[C@H]3C2)nc1. The van der Waals surface area contributed by atoms with Crippen LogP contribution in [0.4, 0.5) is 8.78 Å². The Balaban J connectivity index is 0.000000113. The number of aliphatic hydroxyl groups excluding tert-OH is 3.